The van der Waals surface area contributed by atoms with Crippen LogP contribution < -0.4 is 0 Å². The van der Waals surface area contributed by atoms with Crippen molar-refractivity contribution in [2.75, 3.05) is 0 Å². The highest BCUT2D eigenvalue weighted by Gasteiger charge is 2.04. The van der Waals surface area contributed by atoms with Crippen molar-refractivity contribution in [1.82, 2.24) is 4.98 Å². The molecule has 0 amide bonds. The molecule has 2 rings (SSSR count). The Bertz CT molecular complexity index is 541. The number of halogens is 1. The Hall–Kier alpha value is -1.40. The van der Waals surface area contributed by atoms with Crippen molar-refractivity contribution >= 4 is 26.7 Å². The zero-order valence-corrected chi connectivity index (χ0v) is 9.17. The van der Waals surface area contributed by atoms with Gasteiger partial charge >= 0.3 is 0 Å². The fourth-order valence-electron chi connectivity index (χ4n) is 1.45. The van der Waals surface area contributed by atoms with Crippen LogP contribution in [-0.2, 0) is 0 Å². The summed E-state index contributed by atoms with van der Waals surface area (Å²) in [4.78, 5) is 4.02. The number of nitriles is 1. The van der Waals surface area contributed by atoms with Crippen molar-refractivity contribution in [2.24, 2.45) is 0 Å². The van der Waals surface area contributed by atoms with E-state index in [0.717, 1.165) is 20.8 Å². The third-order valence-electron chi connectivity index (χ3n) is 2.09. The Labute approximate surface area is 90.3 Å². The van der Waals surface area contributed by atoms with Crippen molar-refractivity contribution in [3.63, 3.8) is 0 Å². The monoisotopic (exact) mass is 246 g/mol. The van der Waals surface area contributed by atoms with Gasteiger partial charge in [-0.2, -0.15) is 5.26 Å². The predicted molar refractivity (Wildman–Crippen MR) is 58.9 cm³/mol. The molecule has 0 saturated carbocycles. The van der Waals surface area contributed by atoms with Gasteiger partial charge in [0.2, 0.25) is 0 Å². The van der Waals surface area contributed by atoms with Crippen LogP contribution >= 0.6 is 15.9 Å². The van der Waals surface area contributed by atoms with Crippen LogP contribution in [0.3, 0.4) is 0 Å². The summed E-state index contributed by atoms with van der Waals surface area (Å²) in [6, 6.07) is 6.16. The van der Waals surface area contributed by atoms with Crippen LogP contribution in [0.25, 0.3) is 10.8 Å². The zero-order valence-electron chi connectivity index (χ0n) is 7.58. The Morgan fingerprint density at radius 1 is 1.29 bits per heavy atom. The molecule has 0 aliphatic carbocycles. The summed E-state index contributed by atoms with van der Waals surface area (Å²) in [7, 11) is 0. The van der Waals surface area contributed by atoms with E-state index in [0.29, 0.717) is 5.56 Å². The van der Waals surface area contributed by atoms with Crippen molar-refractivity contribution in [1.29, 1.82) is 5.26 Å². The van der Waals surface area contributed by atoms with E-state index in [1.165, 1.54) is 0 Å². The first-order chi connectivity index (χ1) is 6.72. The number of nitrogens with zero attached hydrogens (tertiary/aromatic N) is 2. The molecule has 3 heteroatoms. The van der Waals surface area contributed by atoms with Crippen LogP contribution in [0.2, 0.25) is 0 Å². The molecular weight excluding hydrogens is 240 g/mol. The van der Waals surface area contributed by atoms with E-state index in [4.69, 9.17) is 5.26 Å². The lowest BCUT2D eigenvalue weighted by atomic mass is 10.1. The summed E-state index contributed by atoms with van der Waals surface area (Å²) in [6.45, 7) is 2.01. The number of pyridine rings is 1. The van der Waals surface area contributed by atoms with Crippen molar-refractivity contribution in [3.05, 3.63) is 40.1 Å². The molecule has 14 heavy (non-hydrogen) atoms. The average Bonchev–Trinajstić information content (AvgIpc) is 2.17. The topological polar surface area (TPSA) is 36.7 Å². The SMILES string of the molecule is Cc1cc(Br)c2cncc(C#N)c2c1. The molecule has 0 unspecified atom stereocenters. The average molecular weight is 247 g/mol. The highest BCUT2D eigenvalue weighted by Crippen LogP contribution is 2.26. The fourth-order valence-corrected chi connectivity index (χ4v) is 2.13. The first kappa shape index (κ1) is 9.17. The van der Waals surface area contributed by atoms with Gasteiger partial charge in [-0.3, -0.25) is 4.98 Å². The smallest absolute Gasteiger partial charge is 0.101 e. The quantitative estimate of drug-likeness (QED) is 0.716. The minimum Gasteiger partial charge on any atom is -0.263 e. The maximum absolute atomic E-state index is 8.91. The first-order valence-electron chi connectivity index (χ1n) is 4.16. The lowest BCUT2D eigenvalue weighted by molar-refractivity contribution is 1.33. The van der Waals surface area contributed by atoms with Crippen LogP contribution in [0.1, 0.15) is 11.1 Å². The maximum Gasteiger partial charge on any atom is 0.101 e. The minimum absolute atomic E-state index is 0.618. The number of fused-ring (bicyclic) bond motifs is 1. The van der Waals surface area contributed by atoms with Gasteiger partial charge < -0.3 is 0 Å². The van der Waals surface area contributed by atoms with Gasteiger partial charge in [0.15, 0.2) is 0 Å². The molecular formula is C11H7BrN2. The van der Waals surface area contributed by atoms with Gasteiger partial charge in [0.05, 0.1) is 5.56 Å². The van der Waals surface area contributed by atoms with E-state index in [9.17, 15) is 0 Å². The van der Waals surface area contributed by atoms with Crippen molar-refractivity contribution in [2.45, 2.75) is 6.92 Å². The molecule has 0 fully saturated rings. The minimum atomic E-state index is 0.618. The largest absolute Gasteiger partial charge is 0.263 e. The number of benzene rings is 1. The van der Waals surface area contributed by atoms with Gasteiger partial charge in [-0.15, -0.1) is 0 Å². The number of hydrogen-bond acceptors (Lipinski definition) is 2. The van der Waals surface area contributed by atoms with E-state index in [2.05, 4.69) is 27.0 Å². The number of hydrogen-bond donors (Lipinski definition) is 0. The molecule has 0 bridgehead atoms. The third-order valence-corrected chi connectivity index (χ3v) is 2.75. The predicted octanol–water partition coefficient (Wildman–Crippen LogP) is 3.18. The second kappa shape index (κ2) is 3.39. The van der Waals surface area contributed by atoms with E-state index >= 15 is 0 Å². The summed E-state index contributed by atoms with van der Waals surface area (Å²) in [6.07, 6.45) is 3.36. The van der Waals surface area contributed by atoms with E-state index in [1.54, 1.807) is 12.4 Å². The molecule has 1 heterocycles. The van der Waals surface area contributed by atoms with Crippen LogP contribution in [0.5, 0.6) is 0 Å². The van der Waals surface area contributed by atoms with Gasteiger partial charge in [0.1, 0.15) is 6.07 Å². The highest BCUT2D eigenvalue weighted by atomic mass is 79.9. The Balaban J connectivity index is 2.95. The molecule has 68 valence electrons. The van der Waals surface area contributed by atoms with Gasteiger partial charge in [-0.1, -0.05) is 15.9 Å². The molecule has 2 nitrogen and oxygen atoms in total. The van der Waals surface area contributed by atoms with E-state index in [1.807, 2.05) is 19.1 Å². The summed E-state index contributed by atoms with van der Waals surface area (Å²) < 4.78 is 0.983. The second-order valence-electron chi connectivity index (χ2n) is 3.14. The van der Waals surface area contributed by atoms with Crippen LogP contribution in [-0.4, -0.2) is 4.98 Å². The summed E-state index contributed by atoms with van der Waals surface area (Å²) >= 11 is 3.46. The lowest BCUT2D eigenvalue weighted by Crippen LogP contribution is -1.85. The molecule has 0 radical (unpaired) electrons. The molecule has 0 spiro atoms. The molecule has 0 saturated heterocycles. The molecule has 0 atom stereocenters. The Kier molecular flexibility index (Phi) is 2.22. The summed E-state index contributed by atoms with van der Waals surface area (Å²) in [5, 5.41) is 10.8. The zero-order chi connectivity index (χ0) is 10.1. The number of aryl methyl sites for hydroxylation is 1. The Morgan fingerprint density at radius 2 is 2.07 bits per heavy atom. The maximum atomic E-state index is 8.91. The van der Waals surface area contributed by atoms with Crippen molar-refractivity contribution in [3.8, 4) is 6.07 Å². The third kappa shape index (κ3) is 1.38. The standard InChI is InChI=1S/C11H7BrN2/c1-7-2-9-8(4-13)5-14-6-10(9)11(12)3-7/h2-3,5-6H,1H3. The van der Waals surface area contributed by atoms with Gasteiger partial charge in [-0.05, 0) is 24.6 Å². The molecule has 2 aromatic rings. The second-order valence-corrected chi connectivity index (χ2v) is 4.00. The van der Waals surface area contributed by atoms with Crippen LogP contribution in [0, 0.1) is 18.3 Å². The molecule has 1 aromatic carbocycles. The van der Waals surface area contributed by atoms with Gasteiger partial charge in [0.25, 0.3) is 0 Å². The fraction of sp³-hybridized carbons (Fsp3) is 0.0909. The first-order valence-corrected chi connectivity index (χ1v) is 4.95. The highest BCUT2D eigenvalue weighted by molar-refractivity contribution is 9.10. The van der Waals surface area contributed by atoms with Crippen LogP contribution in [0.4, 0.5) is 0 Å². The molecule has 0 aliphatic heterocycles. The normalized spacial score (nSPS) is 10.1. The lowest BCUT2D eigenvalue weighted by Gasteiger charge is -2.03. The summed E-state index contributed by atoms with van der Waals surface area (Å²) in [5.41, 5.74) is 1.75. The van der Waals surface area contributed by atoms with Gasteiger partial charge in [-0.25, -0.2) is 0 Å². The van der Waals surface area contributed by atoms with E-state index in [-0.39, 0.29) is 0 Å². The van der Waals surface area contributed by atoms with Crippen molar-refractivity contribution < 1.29 is 0 Å². The number of aromatic nitrogens is 1. The van der Waals surface area contributed by atoms with Crippen LogP contribution in [0.15, 0.2) is 29.0 Å². The van der Waals surface area contributed by atoms with E-state index < -0.39 is 0 Å². The summed E-state index contributed by atoms with van der Waals surface area (Å²) in [5.74, 6) is 0. The molecule has 0 aliphatic rings. The number of rotatable bonds is 0. The Morgan fingerprint density at radius 3 is 2.79 bits per heavy atom. The van der Waals surface area contributed by atoms with Gasteiger partial charge in [0, 0.05) is 27.6 Å². The molecule has 1 aromatic heterocycles. The molecule has 0 N–H and O–H groups in total.